The standard InChI is InChI=1S/C9H10N2O5/c1-10-7-4-6(16-5-9(12)13)2-3-8(7)11(14)15/h2-4,10H,5H2,1H3,(H,12,13). The molecule has 1 aromatic rings. The minimum atomic E-state index is -1.11. The molecule has 0 bridgehead atoms. The van der Waals surface area contributed by atoms with Crippen LogP contribution in [0.15, 0.2) is 18.2 Å². The van der Waals surface area contributed by atoms with Crippen LogP contribution in [0.3, 0.4) is 0 Å². The number of anilines is 1. The number of aliphatic carboxylic acids is 1. The number of carbonyl (C=O) groups is 1. The zero-order valence-electron chi connectivity index (χ0n) is 8.47. The second-order valence-electron chi connectivity index (χ2n) is 2.87. The van der Waals surface area contributed by atoms with E-state index in [4.69, 9.17) is 9.84 Å². The fraction of sp³-hybridized carbons (Fsp3) is 0.222. The normalized spacial score (nSPS) is 9.56. The molecule has 0 aliphatic carbocycles. The Hall–Kier alpha value is -2.31. The van der Waals surface area contributed by atoms with Crippen molar-refractivity contribution in [2.75, 3.05) is 19.0 Å². The van der Waals surface area contributed by atoms with Crippen LogP contribution in [0.1, 0.15) is 0 Å². The van der Waals surface area contributed by atoms with E-state index in [2.05, 4.69) is 5.32 Å². The third-order valence-corrected chi connectivity index (χ3v) is 1.80. The summed E-state index contributed by atoms with van der Waals surface area (Å²) in [5.41, 5.74) is 0.179. The molecule has 0 saturated heterocycles. The predicted octanol–water partition coefficient (Wildman–Crippen LogP) is 1.10. The number of hydrogen-bond acceptors (Lipinski definition) is 5. The van der Waals surface area contributed by atoms with E-state index in [0.717, 1.165) is 0 Å². The Balaban J connectivity index is 2.90. The summed E-state index contributed by atoms with van der Waals surface area (Å²) in [5.74, 6) is -0.846. The van der Waals surface area contributed by atoms with Gasteiger partial charge in [-0.25, -0.2) is 4.79 Å². The maximum atomic E-state index is 10.6. The summed E-state index contributed by atoms with van der Waals surface area (Å²) in [6.45, 7) is -0.485. The zero-order valence-corrected chi connectivity index (χ0v) is 8.47. The van der Waals surface area contributed by atoms with E-state index >= 15 is 0 Å². The van der Waals surface area contributed by atoms with E-state index in [9.17, 15) is 14.9 Å². The van der Waals surface area contributed by atoms with Crippen molar-refractivity contribution in [2.45, 2.75) is 0 Å². The van der Waals surface area contributed by atoms with Gasteiger partial charge in [-0.15, -0.1) is 0 Å². The molecule has 0 fully saturated rings. The predicted molar refractivity (Wildman–Crippen MR) is 55.8 cm³/mol. The molecule has 86 valence electrons. The lowest BCUT2D eigenvalue weighted by Crippen LogP contribution is -2.09. The second kappa shape index (κ2) is 4.96. The van der Waals surface area contributed by atoms with E-state index < -0.39 is 17.5 Å². The first kappa shape index (κ1) is 11.8. The Morgan fingerprint density at radius 2 is 2.31 bits per heavy atom. The minimum Gasteiger partial charge on any atom is -0.482 e. The van der Waals surface area contributed by atoms with Gasteiger partial charge in [0.25, 0.3) is 5.69 Å². The fourth-order valence-electron chi connectivity index (χ4n) is 1.11. The van der Waals surface area contributed by atoms with Gasteiger partial charge in [-0.05, 0) is 6.07 Å². The lowest BCUT2D eigenvalue weighted by Gasteiger charge is -2.06. The fourth-order valence-corrected chi connectivity index (χ4v) is 1.11. The molecule has 0 spiro atoms. The van der Waals surface area contributed by atoms with Crippen molar-refractivity contribution in [3.05, 3.63) is 28.3 Å². The number of nitro groups is 1. The highest BCUT2D eigenvalue weighted by Crippen LogP contribution is 2.28. The van der Waals surface area contributed by atoms with Crippen molar-refractivity contribution in [3.8, 4) is 5.75 Å². The number of carboxylic acids is 1. The molecule has 1 rings (SSSR count). The zero-order chi connectivity index (χ0) is 12.1. The first-order valence-electron chi connectivity index (χ1n) is 4.35. The topological polar surface area (TPSA) is 102 Å². The van der Waals surface area contributed by atoms with Crippen LogP contribution in [0.25, 0.3) is 0 Å². The van der Waals surface area contributed by atoms with Gasteiger partial charge in [-0.2, -0.15) is 0 Å². The average molecular weight is 226 g/mol. The number of ether oxygens (including phenoxy) is 1. The van der Waals surface area contributed by atoms with Crippen LogP contribution in [0.2, 0.25) is 0 Å². The smallest absolute Gasteiger partial charge is 0.341 e. The van der Waals surface area contributed by atoms with Crippen LogP contribution in [-0.2, 0) is 4.79 Å². The Bertz CT molecular complexity index is 418. The summed E-state index contributed by atoms with van der Waals surface area (Å²) < 4.78 is 4.88. The average Bonchev–Trinajstić information content (AvgIpc) is 2.25. The molecular formula is C9H10N2O5. The third kappa shape index (κ3) is 2.84. The number of benzene rings is 1. The molecule has 0 aliphatic rings. The summed E-state index contributed by atoms with van der Waals surface area (Å²) in [6, 6.07) is 3.98. The molecular weight excluding hydrogens is 216 g/mol. The van der Waals surface area contributed by atoms with Crippen molar-refractivity contribution in [1.82, 2.24) is 0 Å². The highest BCUT2D eigenvalue weighted by atomic mass is 16.6. The summed E-state index contributed by atoms with van der Waals surface area (Å²) in [5, 5.41) is 21.6. The van der Waals surface area contributed by atoms with Gasteiger partial charge < -0.3 is 15.2 Å². The number of nitrogens with one attached hydrogen (secondary N) is 1. The SMILES string of the molecule is CNc1cc(OCC(=O)O)ccc1[N+](=O)[O-]. The van der Waals surface area contributed by atoms with Crippen LogP contribution >= 0.6 is 0 Å². The number of nitro benzene ring substituents is 1. The molecule has 2 N–H and O–H groups in total. The molecule has 16 heavy (non-hydrogen) atoms. The summed E-state index contributed by atoms with van der Waals surface area (Å²) in [6.07, 6.45) is 0. The maximum absolute atomic E-state index is 10.6. The van der Waals surface area contributed by atoms with Gasteiger partial charge >= 0.3 is 5.97 Å². The van der Waals surface area contributed by atoms with Gasteiger partial charge in [0.2, 0.25) is 0 Å². The summed E-state index contributed by atoms with van der Waals surface area (Å²) in [7, 11) is 1.53. The molecule has 7 nitrogen and oxygen atoms in total. The Labute approximate surface area is 90.8 Å². The monoisotopic (exact) mass is 226 g/mol. The molecule has 7 heteroatoms. The van der Waals surface area contributed by atoms with Gasteiger partial charge in [-0.1, -0.05) is 0 Å². The first-order valence-corrected chi connectivity index (χ1v) is 4.35. The molecule has 0 aromatic heterocycles. The van der Waals surface area contributed by atoms with Crippen molar-refractivity contribution in [2.24, 2.45) is 0 Å². The van der Waals surface area contributed by atoms with Crippen LogP contribution in [0.5, 0.6) is 5.75 Å². The maximum Gasteiger partial charge on any atom is 0.341 e. The summed E-state index contributed by atoms with van der Waals surface area (Å²) >= 11 is 0. The Kier molecular flexibility index (Phi) is 3.65. The van der Waals surface area contributed by atoms with Crippen molar-refractivity contribution in [3.63, 3.8) is 0 Å². The summed E-state index contributed by atoms with van der Waals surface area (Å²) in [4.78, 5) is 20.3. The van der Waals surface area contributed by atoms with Crippen LogP contribution in [0, 0.1) is 10.1 Å². The van der Waals surface area contributed by atoms with Crippen molar-refractivity contribution >= 4 is 17.3 Å². The van der Waals surface area contributed by atoms with Gasteiger partial charge in [0.05, 0.1) is 4.92 Å². The molecule has 0 radical (unpaired) electrons. The highest BCUT2D eigenvalue weighted by Gasteiger charge is 2.13. The van der Waals surface area contributed by atoms with E-state index in [1.807, 2.05) is 0 Å². The second-order valence-corrected chi connectivity index (χ2v) is 2.87. The largest absolute Gasteiger partial charge is 0.482 e. The lowest BCUT2D eigenvalue weighted by molar-refractivity contribution is -0.384. The first-order chi connectivity index (χ1) is 7.54. The number of hydrogen-bond donors (Lipinski definition) is 2. The van der Waals surface area contributed by atoms with E-state index in [1.54, 1.807) is 0 Å². The highest BCUT2D eigenvalue weighted by molar-refractivity contribution is 5.69. The van der Waals surface area contributed by atoms with Gasteiger partial charge in [0, 0.05) is 19.2 Å². The van der Waals surface area contributed by atoms with E-state index in [1.165, 1.54) is 25.2 Å². The number of carboxylic acid groups (broad SMARTS) is 1. The van der Waals surface area contributed by atoms with E-state index in [-0.39, 0.29) is 17.1 Å². The van der Waals surface area contributed by atoms with Gasteiger partial charge in [-0.3, -0.25) is 10.1 Å². The van der Waals surface area contributed by atoms with Crippen molar-refractivity contribution < 1.29 is 19.6 Å². The Morgan fingerprint density at radius 3 is 2.81 bits per heavy atom. The lowest BCUT2D eigenvalue weighted by atomic mass is 10.2. The molecule has 0 atom stereocenters. The van der Waals surface area contributed by atoms with Crippen LogP contribution in [-0.4, -0.2) is 29.7 Å². The van der Waals surface area contributed by atoms with Crippen molar-refractivity contribution in [1.29, 1.82) is 0 Å². The van der Waals surface area contributed by atoms with Crippen LogP contribution in [0.4, 0.5) is 11.4 Å². The molecule has 0 aliphatic heterocycles. The van der Waals surface area contributed by atoms with Gasteiger partial charge in [0.1, 0.15) is 11.4 Å². The third-order valence-electron chi connectivity index (χ3n) is 1.80. The molecule has 0 unspecified atom stereocenters. The van der Waals surface area contributed by atoms with E-state index in [0.29, 0.717) is 0 Å². The number of rotatable bonds is 5. The van der Waals surface area contributed by atoms with Crippen LogP contribution < -0.4 is 10.1 Å². The molecule has 0 amide bonds. The quantitative estimate of drug-likeness (QED) is 0.575. The minimum absolute atomic E-state index is 0.0924. The Morgan fingerprint density at radius 1 is 1.62 bits per heavy atom. The number of nitrogens with zero attached hydrogens (tertiary/aromatic N) is 1. The molecule has 0 heterocycles. The molecule has 1 aromatic carbocycles. The molecule has 0 saturated carbocycles. The van der Waals surface area contributed by atoms with Gasteiger partial charge in [0.15, 0.2) is 6.61 Å².